The second-order valence-corrected chi connectivity index (χ2v) is 3.29. The van der Waals surface area contributed by atoms with Gasteiger partial charge in [0.25, 0.3) is 5.91 Å². The fraction of sp³-hybridized carbons (Fsp3) is 0.273. The SMILES string of the molecule is CCC(=NNc1ccc(OC(F)F)cc1)C(N)=O. The van der Waals surface area contributed by atoms with Crippen molar-refractivity contribution < 1.29 is 18.3 Å². The van der Waals surface area contributed by atoms with Gasteiger partial charge < -0.3 is 10.5 Å². The number of nitrogens with two attached hydrogens (primary N) is 1. The standard InChI is InChI=1S/C11H13F2N3O2/c1-2-9(10(14)17)16-15-7-3-5-8(6-4-7)18-11(12)13/h3-6,11,15H,2H2,1H3,(H2,14,17). The maximum atomic E-state index is 11.9. The molecule has 3 N–H and O–H groups in total. The van der Waals surface area contributed by atoms with Crippen LogP contribution in [-0.4, -0.2) is 18.2 Å². The monoisotopic (exact) mass is 257 g/mol. The van der Waals surface area contributed by atoms with Gasteiger partial charge >= 0.3 is 6.61 Å². The zero-order chi connectivity index (χ0) is 13.5. The summed E-state index contributed by atoms with van der Waals surface area (Å²) in [5.74, 6) is -0.562. The highest BCUT2D eigenvalue weighted by Crippen LogP contribution is 2.17. The lowest BCUT2D eigenvalue weighted by atomic mass is 10.3. The molecule has 5 nitrogen and oxygen atoms in total. The molecule has 0 fully saturated rings. The first-order chi connectivity index (χ1) is 8.52. The van der Waals surface area contributed by atoms with Crippen molar-refractivity contribution in [1.82, 2.24) is 0 Å². The number of hydrogen-bond donors (Lipinski definition) is 2. The first-order valence-corrected chi connectivity index (χ1v) is 5.20. The zero-order valence-corrected chi connectivity index (χ0v) is 9.69. The third kappa shape index (κ3) is 4.36. The highest BCUT2D eigenvalue weighted by Gasteiger charge is 2.05. The van der Waals surface area contributed by atoms with Gasteiger partial charge in [-0.3, -0.25) is 10.2 Å². The molecule has 1 aromatic carbocycles. The number of nitrogens with one attached hydrogen (secondary N) is 1. The molecule has 1 rings (SSSR count). The van der Waals surface area contributed by atoms with Crippen molar-refractivity contribution in [3.05, 3.63) is 24.3 Å². The minimum atomic E-state index is -2.86. The quantitative estimate of drug-likeness (QED) is 0.604. The molecule has 0 saturated carbocycles. The molecule has 18 heavy (non-hydrogen) atoms. The summed E-state index contributed by atoms with van der Waals surface area (Å²) in [5, 5.41) is 3.81. The number of ether oxygens (including phenoxy) is 1. The molecule has 0 unspecified atom stereocenters. The molecule has 0 aliphatic heterocycles. The molecule has 0 saturated heterocycles. The predicted octanol–water partition coefficient (Wildman–Crippen LogP) is 1.95. The zero-order valence-electron chi connectivity index (χ0n) is 9.69. The Kier molecular flexibility index (Phi) is 5.04. The summed E-state index contributed by atoms with van der Waals surface area (Å²) < 4.78 is 28.0. The van der Waals surface area contributed by atoms with Crippen LogP contribution in [0.5, 0.6) is 5.75 Å². The summed E-state index contributed by atoms with van der Waals surface area (Å²) in [5.41, 5.74) is 8.41. The van der Waals surface area contributed by atoms with Gasteiger partial charge in [-0.1, -0.05) is 6.92 Å². The number of anilines is 1. The van der Waals surface area contributed by atoms with Crippen LogP contribution in [0.3, 0.4) is 0 Å². The van der Waals surface area contributed by atoms with E-state index in [4.69, 9.17) is 5.73 Å². The normalized spacial score (nSPS) is 11.4. The predicted molar refractivity (Wildman–Crippen MR) is 63.6 cm³/mol. The molecule has 7 heteroatoms. The summed E-state index contributed by atoms with van der Waals surface area (Å²) >= 11 is 0. The Morgan fingerprint density at radius 1 is 1.44 bits per heavy atom. The molecule has 0 aliphatic carbocycles. The Morgan fingerprint density at radius 3 is 2.50 bits per heavy atom. The molecule has 1 amide bonds. The van der Waals surface area contributed by atoms with Gasteiger partial charge in [0.15, 0.2) is 0 Å². The Hall–Kier alpha value is -2.18. The minimum Gasteiger partial charge on any atom is -0.435 e. The molecule has 0 aliphatic rings. The number of halogens is 2. The van der Waals surface area contributed by atoms with Gasteiger partial charge in [0.05, 0.1) is 5.69 Å². The van der Waals surface area contributed by atoms with E-state index < -0.39 is 12.5 Å². The average molecular weight is 257 g/mol. The first-order valence-electron chi connectivity index (χ1n) is 5.20. The van der Waals surface area contributed by atoms with Crippen molar-refractivity contribution in [2.45, 2.75) is 20.0 Å². The van der Waals surface area contributed by atoms with Gasteiger partial charge in [-0.25, -0.2) is 0 Å². The number of benzene rings is 1. The van der Waals surface area contributed by atoms with Crippen LogP contribution in [0.1, 0.15) is 13.3 Å². The van der Waals surface area contributed by atoms with Gasteiger partial charge in [-0.2, -0.15) is 13.9 Å². The summed E-state index contributed by atoms with van der Waals surface area (Å²) in [6.07, 6.45) is 0.398. The van der Waals surface area contributed by atoms with Crippen LogP contribution in [0.2, 0.25) is 0 Å². The van der Waals surface area contributed by atoms with Crippen LogP contribution in [0.15, 0.2) is 29.4 Å². The Balaban J connectivity index is 2.66. The summed E-state index contributed by atoms with van der Waals surface area (Å²) in [6, 6.07) is 5.71. The maximum Gasteiger partial charge on any atom is 0.387 e. The van der Waals surface area contributed by atoms with E-state index in [1.807, 2.05) is 0 Å². The van der Waals surface area contributed by atoms with E-state index in [1.54, 1.807) is 6.92 Å². The number of rotatable bonds is 6. The first kappa shape index (κ1) is 13.9. The fourth-order valence-electron chi connectivity index (χ4n) is 1.15. The molecule has 1 aromatic rings. The summed E-state index contributed by atoms with van der Waals surface area (Å²) in [6.45, 7) is -1.12. The lowest BCUT2D eigenvalue weighted by molar-refractivity contribution is -0.112. The Morgan fingerprint density at radius 2 is 2.06 bits per heavy atom. The van der Waals surface area contributed by atoms with Gasteiger partial charge in [0.2, 0.25) is 0 Å². The van der Waals surface area contributed by atoms with Gasteiger partial charge in [-0.05, 0) is 30.7 Å². The molecule has 0 radical (unpaired) electrons. The van der Waals surface area contributed by atoms with Crippen molar-refractivity contribution in [3.63, 3.8) is 0 Å². The van der Waals surface area contributed by atoms with Crippen LogP contribution in [0, 0.1) is 0 Å². The van der Waals surface area contributed by atoms with Crippen molar-refractivity contribution in [2.75, 3.05) is 5.43 Å². The van der Waals surface area contributed by atoms with E-state index in [0.29, 0.717) is 12.1 Å². The van der Waals surface area contributed by atoms with Gasteiger partial charge in [0, 0.05) is 0 Å². The average Bonchev–Trinajstić information content (AvgIpc) is 2.31. The molecule has 0 bridgehead atoms. The largest absolute Gasteiger partial charge is 0.435 e. The molecule has 0 heterocycles. The van der Waals surface area contributed by atoms with Gasteiger partial charge in [-0.15, -0.1) is 0 Å². The van der Waals surface area contributed by atoms with Crippen LogP contribution >= 0.6 is 0 Å². The Bertz CT molecular complexity index is 432. The van der Waals surface area contributed by atoms with Crippen LogP contribution in [0.4, 0.5) is 14.5 Å². The molecular formula is C11H13F2N3O2. The molecule has 0 atom stereocenters. The third-order valence-corrected chi connectivity index (χ3v) is 2.02. The number of alkyl halides is 2. The number of nitrogens with zero attached hydrogens (tertiary/aromatic N) is 1. The number of carbonyl (C=O) groups excluding carboxylic acids is 1. The minimum absolute atomic E-state index is 0.0464. The number of carbonyl (C=O) groups is 1. The number of hydrogen-bond acceptors (Lipinski definition) is 4. The van der Waals surface area contributed by atoms with Crippen molar-refractivity contribution in [2.24, 2.45) is 10.8 Å². The van der Waals surface area contributed by atoms with E-state index in [0.717, 1.165) is 0 Å². The second-order valence-electron chi connectivity index (χ2n) is 3.29. The molecule has 0 aromatic heterocycles. The van der Waals surface area contributed by atoms with Gasteiger partial charge in [0.1, 0.15) is 11.5 Å². The number of hydrazone groups is 1. The number of primary amides is 1. The lowest BCUT2D eigenvalue weighted by Gasteiger charge is -2.06. The number of amides is 1. The molecule has 0 spiro atoms. The lowest BCUT2D eigenvalue weighted by Crippen LogP contribution is -2.23. The van der Waals surface area contributed by atoms with E-state index >= 15 is 0 Å². The third-order valence-electron chi connectivity index (χ3n) is 2.02. The Labute approximate surface area is 103 Å². The van der Waals surface area contributed by atoms with Crippen LogP contribution in [-0.2, 0) is 4.79 Å². The fourth-order valence-corrected chi connectivity index (χ4v) is 1.15. The summed E-state index contributed by atoms with van der Waals surface area (Å²) in [4.78, 5) is 10.9. The summed E-state index contributed by atoms with van der Waals surface area (Å²) in [7, 11) is 0. The van der Waals surface area contributed by atoms with Crippen LogP contribution in [0.25, 0.3) is 0 Å². The molecule has 98 valence electrons. The van der Waals surface area contributed by atoms with Crippen molar-refractivity contribution >= 4 is 17.3 Å². The highest BCUT2D eigenvalue weighted by molar-refractivity contribution is 6.38. The van der Waals surface area contributed by atoms with E-state index in [1.165, 1.54) is 24.3 Å². The molecular weight excluding hydrogens is 244 g/mol. The van der Waals surface area contributed by atoms with E-state index in [2.05, 4.69) is 15.3 Å². The van der Waals surface area contributed by atoms with Crippen molar-refractivity contribution in [1.29, 1.82) is 0 Å². The maximum absolute atomic E-state index is 11.9. The van der Waals surface area contributed by atoms with E-state index in [-0.39, 0.29) is 11.5 Å². The topological polar surface area (TPSA) is 76.7 Å². The second kappa shape index (κ2) is 6.53. The van der Waals surface area contributed by atoms with E-state index in [9.17, 15) is 13.6 Å². The van der Waals surface area contributed by atoms with Crippen LogP contribution < -0.4 is 15.9 Å². The highest BCUT2D eigenvalue weighted by atomic mass is 19.3. The van der Waals surface area contributed by atoms with Crippen molar-refractivity contribution in [3.8, 4) is 5.75 Å². The smallest absolute Gasteiger partial charge is 0.387 e.